The maximum atomic E-state index is 5.06. The van der Waals surface area contributed by atoms with Crippen LogP contribution in [-0.4, -0.2) is 0 Å². The Labute approximate surface area is 114 Å². The second-order valence-electron chi connectivity index (χ2n) is 0.810. The van der Waals surface area contributed by atoms with Crippen LogP contribution in [0.15, 0.2) is 0 Å². The molecule has 51 valence electrons. The zero-order chi connectivity index (χ0) is 6.41. The predicted octanol–water partition coefficient (Wildman–Crippen LogP) is 1.25. The summed E-state index contributed by atoms with van der Waals surface area (Å²) in [7, 11) is 30.4. The van der Waals surface area contributed by atoms with Crippen LogP contribution in [0.1, 0.15) is 1.43 Å². The van der Waals surface area contributed by atoms with Gasteiger partial charge in [-0.15, -0.1) is 0 Å². The minimum absolute atomic E-state index is 0. The van der Waals surface area contributed by atoms with Crippen LogP contribution >= 0.6 is 57.2 Å². The van der Waals surface area contributed by atoms with E-state index in [1.165, 1.54) is 0 Å². The summed E-state index contributed by atoms with van der Waals surface area (Å²) in [5, 5.41) is 0. The first-order chi connectivity index (χ1) is 2.45. The number of halogens is 6. The molecule has 0 spiro atoms. The van der Waals surface area contributed by atoms with Crippen molar-refractivity contribution in [2.45, 2.75) is 0 Å². The van der Waals surface area contributed by atoms with E-state index < -0.39 is 6.97 Å². The molecule has 0 amide bonds. The molecule has 0 aliphatic heterocycles. The smallest absolute Gasteiger partial charge is 1.00 e. The molecule has 0 rings (SSSR count). The molecule has 0 aliphatic rings. The molecule has 0 heterocycles. The van der Waals surface area contributed by atoms with E-state index in [2.05, 4.69) is 0 Å². The van der Waals surface area contributed by atoms with Gasteiger partial charge < -0.3 is 1.43 Å². The van der Waals surface area contributed by atoms with Gasteiger partial charge in [-0.05, 0) is 0 Å². The summed E-state index contributed by atoms with van der Waals surface area (Å²) in [6.07, 6.45) is 0. The molecule has 8 heavy (non-hydrogen) atoms. The average Bonchev–Trinajstić information content (AvgIpc) is 0.592. The minimum atomic E-state index is -5.43. The third kappa shape index (κ3) is 50.3. The molecule has 0 aromatic rings. The van der Waals surface area contributed by atoms with Gasteiger partial charge in [-0.3, -0.25) is 0 Å². The molecule has 0 unspecified atom stereocenters. The summed E-state index contributed by atoms with van der Waals surface area (Å²) in [6.45, 7) is -5.43. The van der Waals surface area contributed by atoms with Crippen molar-refractivity contribution < 1.29 is 59.8 Å². The maximum Gasteiger partial charge on any atom is 1.00 e. The quantitative estimate of drug-likeness (QED) is 0.499. The largest absolute Gasteiger partial charge is 1.00 e. The Morgan fingerprint density at radius 3 is 0.750 bits per heavy atom. The fraction of sp³-hybridized carbons (Fsp3) is 0. The topological polar surface area (TPSA) is 0 Å². The van der Waals surface area contributed by atoms with Crippen molar-refractivity contribution in [2.24, 2.45) is 0 Å². The molecule has 0 aliphatic carbocycles. The third-order valence-electron chi connectivity index (χ3n) is 0. The van der Waals surface area contributed by atoms with Crippen LogP contribution in [0, 0.1) is 0 Å². The summed E-state index contributed by atoms with van der Waals surface area (Å²) < 4.78 is 0. The molecule has 0 saturated heterocycles. The van der Waals surface area contributed by atoms with E-state index in [9.17, 15) is 0 Å². The normalized spacial score (nSPS) is 20.2. The van der Waals surface area contributed by atoms with Crippen LogP contribution in [0.2, 0.25) is 0 Å². The van der Waals surface area contributed by atoms with Crippen LogP contribution in [0.3, 0.4) is 0 Å². The van der Waals surface area contributed by atoms with Gasteiger partial charge in [-0.1, -0.05) is 0 Å². The standard InChI is InChI=1S/6ClH.K.Re.H/h6*1H;;;/q;;;;;;+1;+6;-1/p-6. The molecule has 0 nitrogen and oxygen atoms in total. The Morgan fingerprint density at radius 2 is 0.750 bits per heavy atom. The Bertz CT molecular complexity index is 71.6. The Hall–Kier alpha value is 4.04. The predicted molar refractivity (Wildman–Crippen MR) is 36.2 cm³/mol. The van der Waals surface area contributed by atoms with Crippen molar-refractivity contribution in [3.8, 4) is 0 Å². The molecular formula is HCl6KRe. The maximum absolute atomic E-state index is 5.43. The van der Waals surface area contributed by atoms with E-state index in [0.717, 1.165) is 0 Å². The van der Waals surface area contributed by atoms with Gasteiger partial charge in [0.1, 0.15) is 0 Å². The number of rotatable bonds is 0. The van der Waals surface area contributed by atoms with Gasteiger partial charge in [-0.2, -0.15) is 0 Å². The van der Waals surface area contributed by atoms with Crippen LogP contribution in [0.4, 0.5) is 0 Å². The van der Waals surface area contributed by atoms with Crippen molar-refractivity contribution in [3.63, 3.8) is 0 Å². The molecule has 0 bridgehead atoms. The molecule has 0 radical (unpaired) electrons. The van der Waals surface area contributed by atoms with Crippen molar-refractivity contribution in [1.29, 1.82) is 0 Å². The van der Waals surface area contributed by atoms with Crippen molar-refractivity contribution in [2.75, 3.05) is 0 Å². The van der Waals surface area contributed by atoms with E-state index in [1.54, 1.807) is 0 Å². The molecule has 0 aromatic carbocycles. The fourth-order valence-electron chi connectivity index (χ4n) is 0. The molecule has 0 atom stereocenters. The molecule has 0 fully saturated rings. The first-order valence-corrected chi connectivity index (χ1v) is 21.0. The first kappa shape index (κ1) is 14.6. The van der Waals surface area contributed by atoms with Crippen LogP contribution in [0.25, 0.3) is 0 Å². The molecule has 0 aromatic heterocycles. The van der Waals surface area contributed by atoms with Gasteiger partial charge in [0.15, 0.2) is 0 Å². The average molecular weight is 439 g/mol. The molecule has 0 N–H and O–H groups in total. The van der Waals surface area contributed by atoms with E-state index in [-0.39, 0.29) is 52.8 Å². The first-order valence-electron chi connectivity index (χ1n) is 0.857. The zero-order valence-electron chi connectivity index (χ0n) is 4.65. The van der Waals surface area contributed by atoms with E-state index in [0.29, 0.717) is 0 Å². The van der Waals surface area contributed by atoms with Gasteiger partial charge in [0.2, 0.25) is 0 Å². The number of hydrogen-bond acceptors (Lipinski definition) is 0. The summed E-state index contributed by atoms with van der Waals surface area (Å²) in [5.74, 6) is 0. The van der Waals surface area contributed by atoms with Crippen LogP contribution in [0.5, 0.6) is 0 Å². The summed E-state index contributed by atoms with van der Waals surface area (Å²) in [6, 6.07) is 0. The Morgan fingerprint density at radius 1 is 0.750 bits per heavy atom. The fourth-order valence-corrected chi connectivity index (χ4v) is 0. The summed E-state index contributed by atoms with van der Waals surface area (Å²) in [5.41, 5.74) is 0. The molecule has 0 saturated carbocycles. The van der Waals surface area contributed by atoms with Gasteiger partial charge in [0.05, 0.1) is 0 Å². The summed E-state index contributed by atoms with van der Waals surface area (Å²) in [4.78, 5) is 0. The second-order valence-corrected chi connectivity index (χ2v) is 59.7. The van der Waals surface area contributed by atoms with Gasteiger partial charge in [0, 0.05) is 0 Å². The number of hydrogen-bond donors (Lipinski definition) is 0. The van der Waals surface area contributed by atoms with Gasteiger partial charge in [0.25, 0.3) is 0 Å². The SMILES string of the molecule is [Cl][Re]([Cl])([Cl])([Cl])([Cl])[Cl].[H-].[K+]. The van der Waals surface area contributed by atoms with Crippen molar-refractivity contribution in [3.05, 3.63) is 0 Å². The Balaban J connectivity index is -0.000000180. The molecular weight excluding hydrogens is 438 g/mol. The van der Waals surface area contributed by atoms with Gasteiger partial charge >= 0.3 is 116 Å². The Kier molecular flexibility index (Phi) is 5.58. The van der Waals surface area contributed by atoms with Crippen LogP contribution < -0.4 is 51.4 Å². The minimum Gasteiger partial charge on any atom is -1.00 e. The van der Waals surface area contributed by atoms with E-state index in [4.69, 9.17) is 57.2 Å². The monoisotopic (exact) mass is 437 g/mol. The summed E-state index contributed by atoms with van der Waals surface area (Å²) >= 11 is 0. The van der Waals surface area contributed by atoms with E-state index in [1.807, 2.05) is 0 Å². The van der Waals surface area contributed by atoms with Crippen LogP contribution in [-0.2, 0) is 6.97 Å². The third-order valence-corrected chi connectivity index (χ3v) is 0. The second kappa shape index (κ2) is 3.07. The van der Waals surface area contributed by atoms with Crippen molar-refractivity contribution >= 4 is 57.2 Å². The molecule has 8 heteroatoms. The van der Waals surface area contributed by atoms with E-state index >= 15 is 0 Å². The zero-order valence-corrected chi connectivity index (χ0v) is 14.0. The van der Waals surface area contributed by atoms with Gasteiger partial charge in [-0.25, -0.2) is 0 Å². The van der Waals surface area contributed by atoms with Crippen molar-refractivity contribution in [1.82, 2.24) is 0 Å².